The Morgan fingerprint density at radius 3 is 2.45 bits per heavy atom. The van der Waals surface area contributed by atoms with Crippen LogP contribution in [-0.2, 0) is 4.79 Å². The van der Waals surface area contributed by atoms with Gasteiger partial charge in [-0.25, -0.2) is 5.43 Å². The second-order valence-electron chi connectivity index (χ2n) is 7.71. The lowest BCUT2D eigenvalue weighted by Crippen LogP contribution is -2.32. The number of methoxy groups -OCH3 is 2. The van der Waals surface area contributed by atoms with Crippen molar-refractivity contribution in [2.45, 2.75) is 0 Å². The average Bonchev–Trinajstić information content (AvgIpc) is 3.40. The molecule has 1 aliphatic heterocycles. The maximum Gasteiger partial charge on any atom is 0.311 e. The maximum atomic E-state index is 13.0. The van der Waals surface area contributed by atoms with Gasteiger partial charge in [-0.05, 0) is 35.9 Å². The van der Waals surface area contributed by atoms with Crippen LogP contribution in [0.2, 0.25) is 0 Å². The first-order chi connectivity index (χ1) is 18.4. The van der Waals surface area contributed by atoms with Crippen molar-refractivity contribution >= 4 is 29.8 Å². The molecule has 4 rings (SSSR count). The molecular weight excluding hydrogens is 496 g/mol. The molecule has 12 nitrogen and oxygen atoms in total. The summed E-state index contributed by atoms with van der Waals surface area (Å²) in [5.41, 5.74) is 3.03. The number of carbonyl (C=O) groups excluding carboxylic acids is 2. The van der Waals surface area contributed by atoms with Crippen LogP contribution in [-0.4, -0.2) is 44.0 Å². The SMILES string of the molecule is COc1cc(OC)c([N+](=O)[O-])cc1/C=N\NC(=O)/C(=C\c1ccc2c(c1)OCO2)NC(=O)c1ccccc1. The van der Waals surface area contributed by atoms with E-state index in [0.717, 1.165) is 0 Å². The molecule has 3 aromatic rings. The van der Waals surface area contributed by atoms with E-state index in [-0.39, 0.29) is 35.2 Å². The molecule has 0 atom stereocenters. The first-order valence-electron chi connectivity index (χ1n) is 11.1. The fourth-order valence-electron chi connectivity index (χ4n) is 3.48. The summed E-state index contributed by atoms with van der Waals surface area (Å²) in [6.07, 6.45) is 2.63. The second-order valence-corrected chi connectivity index (χ2v) is 7.71. The number of hydrogen-bond acceptors (Lipinski definition) is 9. The minimum absolute atomic E-state index is 0.00519. The molecule has 194 valence electrons. The fourth-order valence-corrected chi connectivity index (χ4v) is 3.48. The van der Waals surface area contributed by atoms with Crippen molar-refractivity contribution in [3.63, 3.8) is 0 Å². The summed E-state index contributed by atoms with van der Waals surface area (Å²) in [6, 6.07) is 15.9. The van der Waals surface area contributed by atoms with E-state index >= 15 is 0 Å². The standard InChI is InChI=1S/C26H22N4O8/c1-35-22-13-23(36-2)20(30(33)34)12-18(22)14-27-29-26(32)19(28-25(31)17-6-4-3-5-7-17)10-16-8-9-21-24(11-16)38-15-37-21/h3-14H,15H2,1-2H3,(H,28,31)(H,29,32)/b19-10+,27-14-. The Labute approximate surface area is 216 Å². The van der Waals surface area contributed by atoms with Crippen LogP contribution in [0.4, 0.5) is 5.69 Å². The Morgan fingerprint density at radius 2 is 1.74 bits per heavy atom. The highest BCUT2D eigenvalue weighted by Gasteiger charge is 2.20. The Morgan fingerprint density at radius 1 is 1.00 bits per heavy atom. The first kappa shape index (κ1) is 25.7. The molecule has 0 saturated heterocycles. The van der Waals surface area contributed by atoms with Gasteiger partial charge in [0, 0.05) is 23.3 Å². The summed E-state index contributed by atoms with van der Waals surface area (Å²) < 4.78 is 21.0. The van der Waals surface area contributed by atoms with Gasteiger partial charge in [-0.3, -0.25) is 19.7 Å². The zero-order valence-electron chi connectivity index (χ0n) is 20.3. The minimum atomic E-state index is -0.745. The third kappa shape index (κ3) is 5.87. The third-order valence-electron chi connectivity index (χ3n) is 5.33. The molecule has 1 heterocycles. The molecule has 0 fully saturated rings. The number of carbonyl (C=O) groups is 2. The summed E-state index contributed by atoms with van der Waals surface area (Å²) in [5, 5.41) is 17.9. The number of nitrogens with one attached hydrogen (secondary N) is 2. The van der Waals surface area contributed by atoms with E-state index in [9.17, 15) is 19.7 Å². The van der Waals surface area contributed by atoms with Crippen LogP contribution in [0.1, 0.15) is 21.5 Å². The highest BCUT2D eigenvalue weighted by atomic mass is 16.7. The van der Waals surface area contributed by atoms with Crippen molar-refractivity contribution < 1.29 is 33.5 Å². The number of nitro benzene ring substituents is 1. The summed E-state index contributed by atoms with van der Waals surface area (Å²) in [5.74, 6) is 0.0478. The lowest BCUT2D eigenvalue weighted by Gasteiger charge is -2.10. The predicted octanol–water partition coefficient (Wildman–Crippen LogP) is 3.26. The quantitative estimate of drug-likeness (QED) is 0.190. The molecule has 3 aromatic carbocycles. The average molecular weight is 518 g/mol. The van der Waals surface area contributed by atoms with Gasteiger partial charge in [0.2, 0.25) is 12.5 Å². The number of hydrogen-bond donors (Lipinski definition) is 2. The molecule has 0 unspecified atom stereocenters. The van der Waals surface area contributed by atoms with Crippen molar-refractivity contribution in [2.24, 2.45) is 5.10 Å². The summed E-state index contributed by atoms with van der Waals surface area (Å²) in [7, 11) is 2.68. The summed E-state index contributed by atoms with van der Waals surface area (Å²) in [4.78, 5) is 36.6. The van der Waals surface area contributed by atoms with Crippen LogP contribution >= 0.6 is 0 Å². The zero-order valence-corrected chi connectivity index (χ0v) is 20.3. The first-order valence-corrected chi connectivity index (χ1v) is 11.1. The van der Waals surface area contributed by atoms with Gasteiger partial charge in [-0.2, -0.15) is 5.10 Å². The normalized spacial score (nSPS) is 12.2. The number of nitro groups is 1. The van der Waals surface area contributed by atoms with Crippen molar-refractivity contribution in [1.82, 2.24) is 10.7 Å². The smallest absolute Gasteiger partial charge is 0.311 e. The molecule has 2 N–H and O–H groups in total. The molecule has 0 radical (unpaired) electrons. The highest BCUT2D eigenvalue weighted by molar-refractivity contribution is 6.05. The van der Waals surface area contributed by atoms with Gasteiger partial charge in [0.1, 0.15) is 11.4 Å². The van der Waals surface area contributed by atoms with Gasteiger partial charge in [-0.1, -0.05) is 24.3 Å². The van der Waals surface area contributed by atoms with E-state index in [2.05, 4.69) is 15.8 Å². The Bertz CT molecular complexity index is 1440. The lowest BCUT2D eigenvalue weighted by atomic mass is 10.1. The highest BCUT2D eigenvalue weighted by Crippen LogP contribution is 2.34. The summed E-state index contributed by atoms with van der Waals surface area (Å²) >= 11 is 0. The minimum Gasteiger partial charge on any atom is -0.496 e. The third-order valence-corrected chi connectivity index (χ3v) is 5.33. The van der Waals surface area contributed by atoms with Gasteiger partial charge in [0.15, 0.2) is 11.5 Å². The maximum absolute atomic E-state index is 13.0. The largest absolute Gasteiger partial charge is 0.496 e. The van der Waals surface area contributed by atoms with Crippen LogP contribution in [0.5, 0.6) is 23.0 Å². The number of benzene rings is 3. The predicted molar refractivity (Wildman–Crippen MR) is 136 cm³/mol. The van der Waals surface area contributed by atoms with E-state index < -0.39 is 16.7 Å². The molecule has 2 amide bonds. The van der Waals surface area contributed by atoms with Gasteiger partial charge in [0.25, 0.3) is 11.8 Å². The monoisotopic (exact) mass is 518 g/mol. The van der Waals surface area contributed by atoms with Gasteiger partial charge < -0.3 is 24.3 Å². The number of hydrazone groups is 1. The second kappa shape index (κ2) is 11.6. The molecule has 38 heavy (non-hydrogen) atoms. The molecule has 0 bridgehead atoms. The van der Waals surface area contributed by atoms with Crippen LogP contribution < -0.4 is 29.7 Å². The van der Waals surface area contributed by atoms with E-state index in [1.165, 1.54) is 38.6 Å². The van der Waals surface area contributed by atoms with E-state index in [1.54, 1.807) is 48.5 Å². The number of rotatable bonds is 9. The van der Waals surface area contributed by atoms with E-state index in [4.69, 9.17) is 18.9 Å². The number of fused-ring (bicyclic) bond motifs is 1. The van der Waals surface area contributed by atoms with Crippen LogP contribution in [0.25, 0.3) is 6.08 Å². The van der Waals surface area contributed by atoms with Crippen LogP contribution in [0.3, 0.4) is 0 Å². The number of ether oxygens (including phenoxy) is 4. The van der Waals surface area contributed by atoms with Gasteiger partial charge in [0.05, 0.1) is 25.4 Å². The summed E-state index contributed by atoms with van der Waals surface area (Å²) in [6.45, 7) is 0.0856. The molecule has 0 aromatic heterocycles. The Hall–Kier alpha value is -5.39. The Balaban J connectivity index is 1.60. The van der Waals surface area contributed by atoms with Gasteiger partial charge >= 0.3 is 5.69 Å². The van der Waals surface area contributed by atoms with Gasteiger partial charge in [-0.15, -0.1) is 0 Å². The van der Waals surface area contributed by atoms with Crippen molar-refractivity contribution in [3.8, 4) is 23.0 Å². The lowest BCUT2D eigenvalue weighted by molar-refractivity contribution is -0.385. The number of nitrogens with zero attached hydrogens (tertiary/aromatic N) is 2. The van der Waals surface area contributed by atoms with E-state index in [1.807, 2.05) is 0 Å². The van der Waals surface area contributed by atoms with Crippen molar-refractivity contribution in [3.05, 3.63) is 93.2 Å². The molecule has 0 aliphatic carbocycles. The molecule has 0 spiro atoms. The van der Waals surface area contributed by atoms with Crippen LogP contribution in [0, 0.1) is 10.1 Å². The van der Waals surface area contributed by atoms with Crippen LogP contribution in [0.15, 0.2) is 71.5 Å². The molecule has 0 saturated carbocycles. The number of amides is 2. The van der Waals surface area contributed by atoms with Crippen molar-refractivity contribution in [2.75, 3.05) is 21.0 Å². The molecule has 1 aliphatic rings. The Kier molecular flexibility index (Phi) is 7.82. The van der Waals surface area contributed by atoms with E-state index in [0.29, 0.717) is 22.6 Å². The zero-order chi connectivity index (χ0) is 27.1. The van der Waals surface area contributed by atoms with Crippen molar-refractivity contribution in [1.29, 1.82) is 0 Å². The fraction of sp³-hybridized carbons (Fsp3) is 0.115. The molecule has 12 heteroatoms. The topological polar surface area (TPSA) is 151 Å². The molecular formula is C26H22N4O8.